The summed E-state index contributed by atoms with van der Waals surface area (Å²) in [6, 6.07) is 3.38. The summed E-state index contributed by atoms with van der Waals surface area (Å²) in [5, 5.41) is 11.3. The number of hydrogen-bond acceptors (Lipinski definition) is 4. The number of nitrogens with one attached hydrogen (secondary N) is 1. The van der Waals surface area contributed by atoms with Crippen LogP contribution in [-0.4, -0.2) is 28.0 Å². The number of thioether (sulfide) groups is 1. The Kier molecular flexibility index (Phi) is 5.77. The van der Waals surface area contributed by atoms with Crippen molar-refractivity contribution in [3.63, 3.8) is 0 Å². The van der Waals surface area contributed by atoms with Gasteiger partial charge in [-0.05, 0) is 19.1 Å². The van der Waals surface area contributed by atoms with Crippen molar-refractivity contribution in [1.82, 2.24) is 5.32 Å². The maximum absolute atomic E-state index is 11.6. The Morgan fingerprint density at radius 3 is 2.78 bits per heavy atom. The summed E-state index contributed by atoms with van der Waals surface area (Å²) in [5.74, 6) is -0.0214. The van der Waals surface area contributed by atoms with Gasteiger partial charge in [-0.3, -0.25) is 9.59 Å². The maximum Gasteiger partial charge on any atom is 0.304 e. The van der Waals surface area contributed by atoms with Crippen LogP contribution in [-0.2, 0) is 9.59 Å². The molecule has 1 heterocycles. The summed E-state index contributed by atoms with van der Waals surface area (Å²) >= 11 is 1.33. The van der Waals surface area contributed by atoms with Crippen molar-refractivity contribution < 1.29 is 19.1 Å². The fraction of sp³-hybridized carbons (Fsp3) is 0.500. The SMILES string of the molecule is CC(CC(=O)O)SCC(=O)NC(C)c1ccco1. The first kappa shape index (κ1) is 14.6. The van der Waals surface area contributed by atoms with Gasteiger partial charge < -0.3 is 14.8 Å². The molecule has 0 radical (unpaired) electrons. The molecule has 0 aliphatic rings. The number of carboxylic acids is 1. The van der Waals surface area contributed by atoms with Crippen LogP contribution in [0.15, 0.2) is 22.8 Å². The molecule has 0 saturated carbocycles. The first-order valence-corrected chi connectivity index (χ1v) is 6.70. The number of rotatable bonds is 7. The minimum absolute atomic E-state index is 0.0612. The van der Waals surface area contributed by atoms with Gasteiger partial charge in [-0.1, -0.05) is 6.92 Å². The molecule has 100 valence electrons. The Balaban J connectivity index is 2.27. The van der Waals surface area contributed by atoms with E-state index in [-0.39, 0.29) is 29.4 Å². The molecule has 0 aliphatic carbocycles. The zero-order valence-corrected chi connectivity index (χ0v) is 11.2. The predicted octanol–water partition coefficient (Wildman–Crippen LogP) is 2.05. The minimum Gasteiger partial charge on any atom is -0.481 e. The van der Waals surface area contributed by atoms with Crippen molar-refractivity contribution in [2.24, 2.45) is 0 Å². The quantitative estimate of drug-likeness (QED) is 0.793. The standard InChI is InChI=1S/C12H17NO4S/c1-8(6-12(15)16)18-7-11(14)13-9(2)10-4-3-5-17-10/h3-5,8-9H,6-7H2,1-2H3,(H,13,14)(H,15,16). The third-order valence-corrected chi connectivity index (χ3v) is 3.47. The second-order valence-electron chi connectivity index (χ2n) is 4.02. The third-order valence-electron chi connectivity index (χ3n) is 2.31. The van der Waals surface area contributed by atoms with Gasteiger partial charge in [-0.15, -0.1) is 11.8 Å². The molecular formula is C12H17NO4S. The molecule has 2 atom stereocenters. The monoisotopic (exact) mass is 271 g/mol. The molecule has 1 rings (SSSR count). The van der Waals surface area contributed by atoms with Gasteiger partial charge in [0.2, 0.25) is 5.91 Å². The molecule has 1 aromatic heterocycles. The second kappa shape index (κ2) is 7.10. The van der Waals surface area contributed by atoms with Crippen LogP contribution in [0, 0.1) is 0 Å². The lowest BCUT2D eigenvalue weighted by Gasteiger charge is -2.12. The molecule has 0 aromatic carbocycles. The summed E-state index contributed by atoms with van der Waals surface area (Å²) in [4.78, 5) is 22.1. The molecule has 1 aromatic rings. The van der Waals surface area contributed by atoms with Gasteiger partial charge in [0, 0.05) is 5.25 Å². The molecule has 0 aliphatic heterocycles. The van der Waals surface area contributed by atoms with Crippen molar-refractivity contribution in [2.45, 2.75) is 31.6 Å². The smallest absolute Gasteiger partial charge is 0.304 e. The van der Waals surface area contributed by atoms with E-state index in [1.807, 2.05) is 6.92 Å². The molecule has 0 saturated heterocycles. The van der Waals surface area contributed by atoms with Crippen molar-refractivity contribution in [3.05, 3.63) is 24.2 Å². The Morgan fingerprint density at radius 2 is 2.22 bits per heavy atom. The normalized spacial score (nSPS) is 13.9. The van der Waals surface area contributed by atoms with Crippen molar-refractivity contribution >= 4 is 23.6 Å². The lowest BCUT2D eigenvalue weighted by atomic mass is 10.2. The van der Waals surface area contributed by atoms with Crippen LogP contribution in [0.2, 0.25) is 0 Å². The largest absolute Gasteiger partial charge is 0.481 e. The fourth-order valence-corrected chi connectivity index (χ4v) is 2.19. The Labute approximate surface area is 110 Å². The second-order valence-corrected chi connectivity index (χ2v) is 5.45. The highest BCUT2D eigenvalue weighted by molar-refractivity contribution is 8.00. The van der Waals surface area contributed by atoms with Crippen LogP contribution in [0.4, 0.5) is 0 Å². The lowest BCUT2D eigenvalue weighted by molar-refractivity contribution is -0.136. The average Bonchev–Trinajstić information content (AvgIpc) is 2.78. The number of amides is 1. The molecule has 1 amide bonds. The van der Waals surface area contributed by atoms with Gasteiger partial charge in [-0.2, -0.15) is 0 Å². The minimum atomic E-state index is -0.848. The highest BCUT2D eigenvalue weighted by Gasteiger charge is 2.14. The van der Waals surface area contributed by atoms with Gasteiger partial charge >= 0.3 is 5.97 Å². The summed E-state index contributed by atoms with van der Waals surface area (Å²) in [6.07, 6.45) is 1.62. The van der Waals surface area contributed by atoms with Gasteiger partial charge in [0.1, 0.15) is 5.76 Å². The van der Waals surface area contributed by atoms with Crippen LogP contribution < -0.4 is 5.32 Å². The first-order chi connectivity index (χ1) is 8.49. The predicted molar refractivity (Wildman–Crippen MR) is 69.4 cm³/mol. The fourth-order valence-electron chi connectivity index (χ4n) is 1.41. The maximum atomic E-state index is 11.6. The van der Waals surface area contributed by atoms with Crippen LogP contribution in [0.3, 0.4) is 0 Å². The molecule has 18 heavy (non-hydrogen) atoms. The van der Waals surface area contributed by atoms with E-state index in [2.05, 4.69) is 5.32 Å². The molecule has 0 fully saturated rings. The summed E-state index contributed by atoms with van der Waals surface area (Å²) in [6.45, 7) is 3.63. The van der Waals surface area contributed by atoms with Gasteiger partial charge in [0.15, 0.2) is 0 Å². The Bertz CT molecular complexity index is 391. The van der Waals surface area contributed by atoms with Crippen LogP contribution >= 0.6 is 11.8 Å². The number of carbonyl (C=O) groups excluding carboxylic acids is 1. The van der Waals surface area contributed by atoms with Gasteiger partial charge in [0.25, 0.3) is 0 Å². The molecule has 0 bridgehead atoms. The van der Waals surface area contributed by atoms with E-state index in [1.54, 1.807) is 25.3 Å². The first-order valence-electron chi connectivity index (χ1n) is 5.65. The summed E-state index contributed by atoms with van der Waals surface area (Å²) in [5.41, 5.74) is 0. The molecule has 2 N–H and O–H groups in total. The molecular weight excluding hydrogens is 254 g/mol. The topological polar surface area (TPSA) is 79.5 Å². The number of aliphatic carboxylic acids is 1. The van der Waals surface area contributed by atoms with Crippen LogP contribution in [0.25, 0.3) is 0 Å². The van der Waals surface area contributed by atoms with Crippen LogP contribution in [0.1, 0.15) is 32.1 Å². The molecule has 0 spiro atoms. The molecule has 2 unspecified atom stereocenters. The van der Waals surface area contributed by atoms with E-state index in [9.17, 15) is 9.59 Å². The summed E-state index contributed by atoms with van der Waals surface area (Å²) < 4.78 is 5.18. The Morgan fingerprint density at radius 1 is 1.50 bits per heavy atom. The number of carboxylic acid groups (broad SMARTS) is 1. The van der Waals surface area contributed by atoms with Gasteiger partial charge in [0.05, 0.1) is 24.5 Å². The molecule has 5 nitrogen and oxygen atoms in total. The van der Waals surface area contributed by atoms with Crippen molar-refractivity contribution in [2.75, 3.05) is 5.75 Å². The van der Waals surface area contributed by atoms with Crippen molar-refractivity contribution in [3.8, 4) is 0 Å². The average molecular weight is 271 g/mol. The number of hydrogen-bond donors (Lipinski definition) is 2. The van der Waals surface area contributed by atoms with Crippen LogP contribution in [0.5, 0.6) is 0 Å². The van der Waals surface area contributed by atoms with Gasteiger partial charge in [-0.25, -0.2) is 0 Å². The van der Waals surface area contributed by atoms with E-state index in [1.165, 1.54) is 11.8 Å². The highest BCUT2D eigenvalue weighted by atomic mass is 32.2. The zero-order valence-electron chi connectivity index (χ0n) is 10.4. The molecule has 6 heteroatoms. The third kappa shape index (κ3) is 5.27. The number of carbonyl (C=O) groups is 2. The van der Waals surface area contributed by atoms with E-state index in [4.69, 9.17) is 9.52 Å². The number of furan rings is 1. The van der Waals surface area contributed by atoms with E-state index < -0.39 is 5.97 Å². The van der Waals surface area contributed by atoms with Crippen molar-refractivity contribution in [1.29, 1.82) is 0 Å². The Hall–Kier alpha value is -1.43. The highest BCUT2D eigenvalue weighted by Crippen LogP contribution is 2.15. The van der Waals surface area contributed by atoms with E-state index >= 15 is 0 Å². The zero-order chi connectivity index (χ0) is 13.5. The summed E-state index contributed by atoms with van der Waals surface area (Å²) in [7, 11) is 0. The van der Waals surface area contributed by atoms with E-state index in [0.29, 0.717) is 5.76 Å². The van der Waals surface area contributed by atoms with E-state index in [0.717, 1.165) is 0 Å². The lowest BCUT2D eigenvalue weighted by Crippen LogP contribution is -2.28.